The molecule has 1 aliphatic carbocycles. The van der Waals surface area contributed by atoms with E-state index >= 15 is 0 Å². The highest BCUT2D eigenvalue weighted by Crippen LogP contribution is 2.31. The third-order valence-electron chi connectivity index (χ3n) is 4.98. The number of para-hydroxylation sites is 1. The highest BCUT2D eigenvalue weighted by molar-refractivity contribution is 5.89. The van der Waals surface area contributed by atoms with E-state index in [1.807, 2.05) is 30.3 Å². The van der Waals surface area contributed by atoms with Gasteiger partial charge in [-0.3, -0.25) is 9.20 Å². The van der Waals surface area contributed by atoms with Crippen molar-refractivity contribution in [3.8, 4) is 5.75 Å². The van der Waals surface area contributed by atoms with Crippen molar-refractivity contribution in [2.45, 2.75) is 19.3 Å². The first-order chi connectivity index (χ1) is 13.6. The number of rotatable bonds is 3. The molecule has 6 nitrogen and oxygen atoms in total. The zero-order valence-electron chi connectivity index (χ0n) is 15.8. The van der Waals surface area contributed by atoms with E-state index < -0.39 is 5.97 Å². The summed E-state index contributed by atoms with van der Waals surface area (Å²) in [6.45, 7) is 0. The van der Waals surface area contributed by atoms with E-state index in [0.29, 0.717) is 23.2 Å². The summed E-state index contributed by atoms with van der Waals surface area (Å²) in [7, 11) is 2.96. The van der Waals surface area contributed by atoms with Gasteiger partial charge in [0.15, 0.2) is 0 Å². The molecular formula is C22H20N2O4. The van der Waals surface area contributed by atoms with E-state index in [9.17, 15) is 9.59 Å². The van der Waals surface area contributed by atoms with E-state index in [4.69, 9.17) is 14.5 Å². The minimum Gasteiger partial charge on any atom is -0.496 e. The molecule has 6 heteroatoms. The molecule has 0 spiro atoms. The molecule has 0 bridgehead atoms. The molecule has 0 unspecified atom stereocenters. The lowest BCUT2D eigenvalue weighted by molar-refractivity contribution is 0.0600. The second kappa shape index (κ2) is 7.31. The molecule has 142 valence electrons. The van der Waals surface area contributed by atoms with Crippen LogP contribution in [0.5, 0.6) is 5.75 Å². The Balaban J connectivity index is 1.89. The van der Waals surface area contributed by atoms with Gasteiger partial charge in [0.2, 0.25) is 0 Å². The lowest BCUT2D eigenvalue weighted by Crippen LogP contribution is -2.25. The molecule has 3 aromatic rings. The zero-order valence-corrected chi connectivity index (χ0v) is 15.8. The minimum absolute atomic E-state index is 0.142. The number of allylic oxidation sites excluding steroid dienone is 1. The second-order valence-electron chi connectivity index (χ2n) is 6.65. The van der Waals surface area contributed by atoms with Crippen molar-refractivity contribution >= 4 is 23.3 Å². The number of carbonyl (C=O) groups excluding carboxylic acids is 1. The highest BCUT2D eigenvalue weighted by Gasteiger charge is 2.21. The van der Waals surface area contributed by atoms with Gasteiger partial charge in [-0.2, -0.15) is 0 Å². The molecule has 0 radical (unpaired) electrons. The summed E-state index contributed by atoms with van der Waals surface area (Å²) in [6.07, 6.45) is 5.91. The summed E-state index contributed by atoms with van der Waals surface area (Å²) in [5.74, 6) is 0.297. The Labute approximate surface area is 162 Å². The van der Waals surface area contributed by atoms with Crippen LogP contribution in [0.15, 0.2) is 47.4 Å². The molecule has 4 rings (SSSR count). The van der Waals surface area contributed by atoms with Crippen molar-refractivity contribution in [3.05, 3.63) is 75.3 Å². The van der Waals surface area contributed by atoms with Crippen molar-refractivity contribution in [1.29, 1.82) is 0 Å². The van der Waals surface area contributed by atoms with Crippen LogP contribution in [0.1, 0.15) is 40.0 Å². The van der Waals surface area contributed by atoms with Crippen LogP contribution in [0, 0.1) is 0 Å². The van der Waals surface area contributed by atoms with E-state index in [-0.39, 0.29) is 5.56 Å². The fraction of sp³-hybridized carbons (Fsp3) is 0.227. The van der Waals surface area contributed by atoms with E-state index in [1.165, 1.54) is 17.7 Å². The van der Waals surface area contributed by atoms with Gasteiger partial charge < -0.3 is 9.47 Å². The van der Waals surface area contributed by atoms with Crippen molar-refractivity contribution < 1.29 is 14.3 Å². The molecular weight excluding hydrogens is 356 g/mol. The predicted molar refractivity (Wildman–Crippen MR) is 107 cm³/mol. The number of ether oxygens (including phenoxy) is 2. The Morgan fingerprint density at radius 2 is 1.96 bits per heavy atom. The number of hydrogen-bond acceptors (Lipinski definition) is 5. The Morgan fingerprint density at radius 1 is 1.14 bits per heavy atom. The quantitative estimate of drug-likeness (QED) is 0.656. The van der Waals surface area contributed by atoms with Gasteiger partial charge in [0.25, 0.3) is 5.56 Å². The predicted octanol–water partition coefficient (Wildman–Crippen LogP) is 3.37. The smallest absolute Gasteiger partial charge is 0.339 e. The average molecular weight is 376 g/mol. The lowest BCUT2D eigenvalue weighted by atomic mass is 9.90. The van der Waals surface area contributed by atoms with Crippen molar-refractivity contribution in [2.24, 2.45) is 0 Å². The topological polar surface area (TPSA) is 69.9 Å². The van der Waals surface area contributed by atoms with Crippen LogP contribution in [0.4, 0.5) is 0 Å². The van der Waals surface area contributed by atoms with Gasteiger partial charge in [-0.05, 0) is 49.1 Å². The molecule has 0 amide bonds. The number of aromatic nitrogens is 2. The Kier molecular flexibility index (Phi) is 4.69. The second-order valence-corrected chi connectivity index (χ2v) is 6.65. The van der Waals surface area contributed by atoms with Crippen LogP contribution in [0.25, 0.3) is 17.3 Å². The first-order valence-electron chi connectivity index (χ1n) is 9.10. The molecule has 0 saturated heterocycles. The maximum atomic E-state index is 13.1. The van der Waals surface area contributed by atoms with Crippen LogP contribution >= 0.6 is 0 Å². The summed E-state index contributed by atoms with van der Waals surface area (Å²) < 4.78 is 11.6. The summed E-state index contributed by atoms with van der Waals surface area (Å²) in [5, 5.41) is 0. The van der Waals surface area contributed by atoms with Crippen LogP contribution in [0.3, 0.4) is 0 Å². The summed E-state index contributed by atoms with van der Waals surface area (Å²) in [6, 6.07) is 11.1. The van der Waals surface area contributed by atoms with E-state index in [1.54, 1.807) is 19.2 Å². The Bertz CT molecular complexity index is 1160. The molecule has 2 aromatic heterocycles. The maximum Gasteiger partial charge on any atom is 0.339 e. The summed E-state index contributed by atoms with van der Waals surface area (Å²) in [5.41, 5.74) is 4.05. The van der Waals surface area contributed by atoms with Gasteiger partial charge >= 0.3 is 5.97 Å². The summed E-state index contributed by atoms with van der Waals surface area (Å²) in [4.78, 5) is 29.6. The van der Waals surface area contributed by atoms with Gasteiger partial charge in [-0.25, -0.2) is 9.78 Å². The van der Waals surface area contributed by atoms with E-state index in [0.717, 1.165) is 35.4 Å². The fourth-order valence-corrected chi connectivity index (χ4v) is 3.59. The summed E-state index contributed by atoms with van der Waals surface area (Å²) >= 11 is 0. The molecule has 0 aliphatic heterocycles. The first-order valence-corrected chi connectivity index (χ1v) is 9.10. The maximum absolute atomic E-state index is 13.1. The average Bonchev–Trinajstić information content (AvgIpc) is 2.74. The number of pyridine rings is 1. The normalized spacial score (nSPS) is 14.7. The van der Waals surface area contributed by atoms with Crippen LogP contribution < -0.4 is 10.3 Å². The number of methoxy groups -OCH3 is 2. The molecule has 2 heterocycles. The van der Waals surface area contributed by atoms with Gasteiger partial charge in [0, 0.05) is 17.3 Å². The standard InChI is InChI=1S/C22H20N2O4/c1-27-18-9-4-3-6-14(18)12-15-7-5-8-17-20(15)23-19-11-10-16(22(26)28-2)13-24(19)21(17)25/h3-4,6,9-13H,5,7-8H2,1-2H3. The van der Waals surface area contributed by atoms with Gasteiger partial charge in [-0.15, -0.1) is 0 Å². The third-order valence-corrected chi connectivity index (χ3v) is 4.98. The highest BCUT2D eigenvalue weighted by atomic mass is 16.5. The van der Waals surface area contributed by atoms with Gasteiger partial charge in [0.05, 0.1) is 25.5 Å². The number of hydrogen-bond donors (Lipinski definition) is 0. The molecule has 0 fully saturated rings. The zero-order chi connectivity index (χ0) is 19.7. The monoisotopic (exact) mass is 376 g/mol. The number of benzene rings is 1. The minimum atomic E-state index is -0.483. The molecule has 1 aliphatic rings. The third kappa shape index (κ3) is 3.07. The van der Waals surface area contributed by atoms with Gasteiger partial charge in [-0.1, -0.05) is 18.2 Å². The molecule has 0 atom stereocenters. The van der Waals surface area contributed by atoms with Crippen LogP contribution in [-0.4, -0.2) is 29.6 Å². The van der Waals surface area contributed by atoms with Crippen molar-refractivity contribution in [1.82, 2.24) is 9.38 Å². The van der Waals surface area contributed by atoms with E-state index in [2.05, 4.69) is 0 Å². The Hall–Kier alpha value is -3.41. The fourth-order valence-electron chi connectivity index (χ4n) is 3.59. The number of fused-ring (bicyclic) bond motifs is 2. The van der Waals surface area contributed by atoms with Crippen LogP contribution in [-0.2, 0) is 11.2 Å². The van der Waals surface area contributed by atoms with Crippen molar-refractivity contribution in [2.75, 3.05) is 14.2 Å². The largest absolute Gasteiger partial charge is 0.496 e. The van der Waals surface area contributed by atoms with Crippen molar-refractivity contribution in [3.63, 3.8) is 0 Å². The molecule has 0 saturated carbocycles. The number of carbonyl (C=O) groups is 1. The van der Waals surface area contributed by atoms with Crippen LogP contribution in [0.2, 0.25) is 0 Å². The molecule has 0 N–H and O–H groups in total. The Morgan fingerprint density at radius 3 is 2.75 bits per heavy atom. The lowest BCUT2D eigenvalue weighted by Gasteiger charge is -2.19. The molecule has 28 heavy (non-hydrogen) atoms. The SMILES string of the molecule is COC(=O)c1ccc2nc3c(c(=O)n2c1)CCCC3=Cc1ccccc1OC. The number of esters is 1. The van der Waals surface area contributed by atoms with Gasteiger partial charge in [0.1, 0.15) is 11.4 Å². The molecule has 1 aromatic carbocycles. The first kappa shape index (κ1) is 18.0. The number of nitrogens with zero attached hydrogens (tertiary/aromatic N) is 2.